The minimum atomic E-state index is -0.495. The van der Waals surface area contributed by atoms with Crippen LogP contribution in [0, 0.1) is 13.8 Å². The second-order valence-corrected chi connectivity index (χ2v) is 7.73. The third kappa shape index (κ3) is 3.80. The van der Waals surface area contributed by atoms with E-state index in [1.165, 1.54) is 9.13 Å². The summed E-state index contributed by atoms with van der Waals surface area (Å²) in [6.07, 6.45) is 1.57. The van der Waals surface area contributed by atoms with Crippen molar-refractivity contribution in [3.05, 3.63) is 74.4 Å². The molecule has 1 amide bonds. The Morgan fingerprint density at radius 2 is 1.90 bits per heavy atom. The second-order valence-electron chi connectivity index (χ2n) is 7.73. The Labute approximate surface area is 173 Å². The van der Waals surface area contributed by atoms with Gasteiger partial charge >= 0.3 is 5.69 Å². The van der Waals surface area contributed by atoms with Crippen LogP contribution in [0.1, 0.15) is 24.0 Å². The van der Waals surface area contributed by atoms with Gasteiger partial charge in [0, 0.05) is 12.3 Å². The molecule has 1 fully saturated rings. The van der Waals surface area contributed by atoms with Crippen LogP contribution in [-0.4, -0.2) is 27.8 Å². The minimum Gasteiger partial charge on any atom is -0.376 e. The van der Waals surface area contributed by atoms with Gasteiger partial charge in [-0.1, -0.05) is 24.3 Å². The number of fused-ring (bicyclic) bond motifs is 1. The zero-order valence-electron chi connectivity index (χ0n) is 17.2. The number of nitrogens with zero attached hydrogens (tertiary/aromatic N) is 2. The lowest BCUT2D eigenvalue weighted by molar-refractivity contribution is -0.116. The predicted molar refractivity (Wildman–Crippen MR) is 116 cm³/mol. The molecule has 1 atom stereocenters. The van der Waals surface area contributed by atoms with Gasteiger partial charge in [0.1, 0.15) is 6.54 Å². The van der Waals surface area contributed by atoms with E-state index in [0.717, 1.165) is 24.0 Å². The molecule has 30 heavy (non-hydrogen) atoms. The van der Waals surface area contributed by atoms with Crippen molar-refractivity contribution in [3.8, 4) is 0 Å². The number of amides is 1. The summed E-state index contributed by atoms with van der Waals surface area (Å²) >= 11 is 0. The fraction of sp³-hybridized carbons (Fsp3) is 0.348. The molecule has 4 rings (SSSR count). The standard InChI is InChI=1S/C23H25N3O4/c1-15-7-5-10-19(16(15)2)24-21(27)14-25-20-11-4-3-9-18(20)22(28)26(23(25)29)13-17-8-6-12-30-17/h3-5,7,9-11,17H,6,8,12-14H2,1-2H3,(H,24,27). The van der Waals surface area contributed by atoms with Crippen LogP contribution in [0.2, 0.25) is 0 Å². The van der Waals surface area contributed by atoms with Gasteiger partial charge in [-0.15, -0.1) is 0 Å². The van der Waals surface area contributed by atoms with Crippen LogP contribution in [0.3, 0.4) is 0 Å². The van der Waals surface area contributed by atoms with Gasteiger partial charge < -0.3 is 10.1 Å². The predicted octanol–water partition coefficient (Wildman–Crippen LogP) is 2.60. The minimum absolute atomic E-state index is 0.159. The molecule has 7 heteroatoms. The molecule has 1 N–H and O–H groups in total. The van der Waals surface area contributed by atoms with E-state index >= 15 is 0 Å². The highest BCUT2D eigenvalue weighted by Gasteiger charge is 2.21. The molecule has 0 aliphatic carbocycles. The van der Waals surface area contributed by atoms with Gasteiger partial charge in [-0.2, -0.15) is 0 Å². The Hall–Kier alpha value is -3.19. The number of hydrogen-bond donors (Lipinski definition) is 1. The van der Waals surface area contributed by atoms with Crippen LogP contribution in [-0.2, 0) is 22.6 Å². The normalized spacial score (nSPS) is 16.1. The summed E-state index contributed by atoms with van der Waals surface area (Å²) in [6, 6.07) is 12.6. The van der Waals surface area contributed by atoms with Crippen LogP contribution >= 0.6 is 0 Å². The number of carbonyl (C=O) groups excluding carboxylic acids is 1. The van der Waals surface area contributed by atoms with Crippen molar-refractivity contribution in [1.29, 1.82) is 0 Å². The Morgan fingerprint density at radius 1 is 1.10 bits per heavy atom. The highest BCUT2D eigenvalue weighted by atomic mass is 16.5. The van der Waals surface area contributed by atoms with E-state index in [1.807, 2.05) is 32.0 Å². The fourth-order valence-corrected chi connectivity index (χ4v) is 3.90. The molecule has 2 heterocycles. The van der Waals surface area contributed by atoms with E-state index < -0.39 is 5.69 Å². The van der Waals surface area contributed by atoms with E-state index in [4.69, 9.17) is 4.74 Å². The molecule has 0 bridgehead atoms. The Kier molecular flexibility index (Phi) is 5.55. The first-order valence-corrected chi connectivity index (χ1v) is 10.2. The van der Waals surface area contributed by atoms with Gasteiger partial charge in [-0.25, -0.2) is 4.79 Å². The summed E-state index contributed by atoms with van der Waals surface area (Å²) < 4.78 is 8.18. The number of aromatic nitrogens is 2. The van der Waals surface area contributed by atoms with Crippen molar-refractivity contribution in [2.75, 3.05) is 11.9 Å². The quantitative estimate of drug-likeness (QED) is 0.705. The summed E-state index contributed by atoms with van der Waals surface area (Å²) in [6.45, 7) is 4.57. The summed E-state index contributed by atoms with van der Waals surface area (Å²) in [7, 11) is 0. The average molecular weight is 407 g/mol. The number of nitrogens with one attached hydrogen (secondary N) is 1. The van der Waals surface area contributed by atoms with Gasteiger partial charge in [0.2, 0.25) is 5.91 Å². The zero-order valence-corrected chi connectivity index (χ0v) is 17.2. The molecule has 1 aliphatic rings. The first kappa shape index (κ1) is 20.1. The third-order valence-electron chi connectivity index (χ3n) is 5.72. The topological polar surface area (TPSA) is 82.3 Å². The molecule has 1 aromatic heterocycles. The van der Waals surface area contributed by atoms with Crippen LogP contribution in [0.15, 0.2) is 52.1 Å². The molecule has 0 saturated carbocycles. The monoisotopic (exact) mass is 407 g/mol. The maximum Gasteiger partial charge on any atom is 0.332 e. The highest BCUT2D eigenvalue weighted by molar-refractivity contribution is 5.92. The van der Waals surface area contributed by atoms with Crippen molar-refractivity contribution in [3.63, 3.8) is 0 Å². The van der Waals surface area contributed by atoms with E-state index in [2.05, 4.69) is 5.32 Å². The number of rotatable bonds is 5. The fourth-order valence-electron chi connectivity index (χ4n) is 3.90. The van der Waals surface area contributed by atoms with Crippen LogP contribution in [0.25, 0.3) is 10.9 Å². The number of carbonyl (C=O) groups is 1. The van der Waals surface area contributed by atoms with E-state index in [1.54, 1.807) is 24.3 Å². The first-order chi connectivity index (χ1) is 14.5. The largest absolute Gasteiger partial charge is 0.376 e. The number of anilines is 1. The number of hydrogen-bond acceptors (Lipinski definition) is 4. The first-order valence-electron chi connectivity index (χ1n) is 10.2. The van der Waals surface area contributed by atoms with Crippen molar-refractivity contribution in [2.24, 2.45) is 0 Å². The molecule has 0 spiro atoms. The lowest BCUT2D eigenvalue weighted by Gasteiger charge is -2.17. The Balaban J connectivity index is 1.72. The summed E-state index contributed by atoms with van der Waals surface area (Å²) in [5, 5.41) is 3.30. The number of aryl methyl sites for hydroxylation is 1. The number of benzene rings is 2. The van der Waals surface area contributed by atoms with Crippen molar-refractivity contribution >= 4 is 22.5 Å². The summed E-state index contributed by atoms with van der Waals surface area (Å²) in [4.78, 5) is 38.9. The molecular weight excluding hydrogens is 382 g/mol. The average Bonchev–Trinajstić information content (AvgIpc) is 3.25. The molecule has 3 aromatic rings. The molecular formula is C23H25N3O4. The Morgan fingerprint density at radius 3 is 2.67 bits per heavy atom. The van der Waals surface area contributed by atoms with Crippen LogP contribution in [0.5, 0.6) is 0 Å². The lowest BCUT2D eigenvalue weighted by atomic mass is 10.1. The molecule has 1 unspecified atom stereocenters. The maximum atomic E-state index is 13.2. The van der Waals surface area contributed by atoms with Crippen LogP contribution in [0.4, 0.5) is 5.69 Å². The lowest BCUT2D eigenvalue weighted by Crippen LogP contribution is -2.43. The third-order valence-corrected chi connectivity index (χ3v) is 5.72. The van der Waals surface area contributed by atoms with Gasteiger partial charge in [0.25, 0.3) is 5.56 Å². The molecule has 7 nitrogen and oxygen atoms in total. The van der Waals surface area contributed by atoms with Gasteiger partial charge in [0.05, 0.1) is 23.6 Å². The van der Waals surface area contributed by atoms with E-state index in [-0.39, 0.29) is 30.7 Å². The second kappa shape index (κ2) is 8.28. The Bertz CT molecular complexity index is 1220. The molecule has 156 valence electrons. The zero-order chi connectivity index (χ0) is 21.3. The van der Waals surface area contributed by atoms with Gasteiger partial charge in [0.15, 0.2) is 0 Å². The molecule has 1 aliphatic heterocycles. The maximum absolute atomic E-state index is 13.2. The van der Waals surface area contributed by atoms with Gasteiger partial charge in [-0.3, -0.25) is 18.7 Å². The van der Waals surface area contributed by atoms with Crippen molar-refractivity contribution in [1.82, 2.24) is 9.13 Å². The van der Waals surface area contributed by atoms with Crippen molar-refractivity contribution < 1.29 is 9.53 Å². The van der Waals surface area contributed by atoms with Gasteiger partial charge in [-0.05, 0) is 56.0 Å². The molecule has 2 aromatic carbocycles. The molecule has 0 radical (unpaired) electrons. The number of para-hydroxylation sites is 1. The summed E-state index contributed by atoms with van der Waals surface area (Å²) in [5.74, 6) is -0.321. The van der Waals surface area contributed by atoms with E-state index in [0.29, 0.717) is 23.2 Å². The summed E-state index contributed by atoms with van der Waals surface area (Å²) in [5.41, 5.74) is 2.37. The van der Waals surface area contributed by atoms with Crippen LogP contribution < -0.4 is 16.6 Å². The number of ether oxygens (including phenoxy) is 1. The SMILES string of the molecule is Cc1cccc(NC(=O)Cn2c(=O)n(CC3CCCO3)c(=O)c3ccccc32)c1C. The van der Waals surface area contributed by atoms with E-state index in [9.17, 15) is 14.4 Å². The molecule has 1 saturated heterocycles. The smallest absolute Gasteiger partial charge is 0.332 e. The highest BCUT2D eigenvalue weighted by Crippen LogP contribution is 2.18. The van der Waals surface area contributed by atoms with Crippen molar-refractivity contribution in [2.45, 2.75) is 45.9 Å².